The van der Waals surface area contributed by atoms with Gasteiger partial charge in [-0.3, -0.25) is 9.59 Å². The molecular weight excluding hydrogens is 276 g/mol. The van der Waals surface area contributed by atoms with E-state index in [-0.39, 0.29) is 17.4 Å². The molecule has 22 heavy (non-hydrogen) atoms. The van der Waals surface area contributed by atoms with Crippen molar-refractivity contribution in [2.75, 3.05) is 6.54 Å². The van der Waals surface area contributed by atoms with Crippen molar-refractivity contribution in [2.45, 2.75) is 39.2 Å². The van der Waals surface area contributed by atoms with Crippen molar-refractivity contribution in [3.63, 3.8) is 0 Å². The fourth-order valence-electron chi connectivity index (χ4n) is 3.27. The highest BCUT2D eigenvalue weighted by Gasteiger charge is 2.39. The van der Waals surface area contributed by atoms with Crippen LogP contribution in [0.4, 0.5) is 0 Å². The van der Waals surface area contributed by atoms with Crippen LogP contribution in [0, 0.1) is 5.41 Å². The van der Waals surface area contributed by atoms with Crippen molar-refractivity contribution in [1.82, 2.24) is 4.90 Å². The van der Waals surface area contributed by atoms with Crippen LogP contribution in [0.5, 0.6) is 0 Å². The molecule has 2 amide bonds. The number of hydrogen-bond donors (Lipinski definition) is 1. The van der Waals surface area contributed by atoms with Gasteiger partial charge in [0.1, 0.15) is 0 Å². The van der Waals surface area contributed by atoms with Crippen LogP contribution >= 0.6 is 0 Å². The van der Waals surface area contributed by atoms with Crippen molar-refractivity contribution in [3.05, 3.63) is 48.0 Å². The van der Waals surface area contributed by atoms with E-state index < -0.39 is 5.91 Å². The summed E-state index contributed by atoms with van der Waals surface area (Å²) in [5.41, 5.74) is 6.24. The lowest BCUT2D eigenvalue weighted by Gasteiger charge is -2.46. The third-order valence-electron chi connectivity index (χ3n) is 4.54. The molecule has 4 nitrogen and oxygen atoms in total. The van der Waals surface area contributed by atoms with Gasteiger partial charge in [-0.1, -0.05) is 26.0 Å². The number of likely N-dealkylation sites (tertiary alicyclic amines) is 1. The number of carbonyl (C=O) groups is 2. The van der Waals surface area contributed by atoms with Gasteiger partial charge in [-0.25, -0.2) is 0 Å². The minimum absolute atomic E-state index is 0.0391. The van der Waals surface area contributed by atoms with Crippen molar-refractivity contribution in [1.29, 1.82) is 0 Å². The van der Waals surface area contributed by atoms with E-state index in [0.717, 1.165) is 25.8 Å². The molecule has 1 aromatic rings. The molecule has 1 aliphatic rings. The van der Waals surface area contributed by atoms with Gasteiger partial charge in [-0.2, -0.15) is 0 Å². The molecular formula is C18H24N2O2. The Morgan fingerprint density at radius 2 is 2.09 bits per heavy atom. The Bertz CT molecular complexity index is 593. The van der Waals surface area contributed by atoms with Crippen LogP contribution in [-0.2, 0) is 0 Å². The molecule has 0 radical (unpaired) electrons. The monoisotopic (exact) mass is 300 g/mol. The maximum absolute atomic E-state index is 12.9. The number of piperidine rings is 1. The molecule has 1 fully saturated rings. The molecule has 0 aliphatic carbocycles. The molecule has 1 aliphatic heterocycles. The predicted molar refractivity (Wildman–Crippen MR) is 87.6 cm³/mol. The van der Waals surface area contributed by atoms with Gasteiger partial charge in [0, 0.05) is 23.7 Å². The summed E-state index contributed by atoms with van der Waals surface area (Å²) >= 11 is 0. The fraction of sp³-hybridized carbons (Fsp3) is 0.444. The molecule has 1 unspecified atom stereocenters. The summed E-state index contributed by atoms with van der Waals surface area (Å²) in [6.45, 7) is 8.95. The standard InChI is InChI=1S/C18H24N2O2/c1-4-7-15-18(2,3)10-6-11-20(15)17(22)14-9-5-8-13(12-14)16(19)21/h4-5,8-9,12,15H,1,6-7,10-11H2,2-3H3,(H2,19,21). The Kier molecular flexibility index (Phi) is 4.69. The van der Waals surface area contributed by atoms with Gasteiger partial charge in [0.2, 0.25) is 5.91 Å². The highest BCUT2D eigenvalue weighted by Crippen LogP contribution is 2.37. The highest BCUT2D eigenvalue weighted by atomic mass is 16.2. The summed E-state index contributed by atoms with van der Waals surface area (Å²) in [7, 11) is 0. The topological polar surface area (TPSA) is 63.4 Å². The second kappa shape index (κ2) is 6.34. The van der Waals surface area contributed by atoms with Gasteiger partial charge < -0.3 is 10.6 Å². The first-order valence-corrected chi connectivity index (χ1v) is 7.68. The van der Waals surface area contributed by atoms with Crippen LogP contribution in [0.3, 0.4) is 0 Å². The first kappa shape index (κ1) is 16.3. The van der Waals surface area contributed by atoms with E-state index >= 15 is 0 Å². The van der Waals surface area contributed by atoms with E-state index in [1.807, 2.05) is 11.0 Å². The van der Waals surface area contributed by atoms with E-state index in [1.165, 1.54) is 0 Å². The lowest BCUT2D eigenvalue weighted by Crippen LogP contribution is -2.52. The second-order valence-electron chi connectivity index (χ2n) is 6.58. The normalized spacial score (nSPS) is 20.5. The fourth-order valence-corrected chi connectivity index (χ4v) is 3.27. The van der Waals surface area contributed by atoms with Crippen LogP contribution < -0.4 is 5.73 Å². The maximum atomic E-state index is 12.9. The van der Waals surface area contributed by atoms with E-state index in [2.05, 4.69) is 20.4 Å². The van der Waals surface area contributed by atoms with E-state index in [1.54, 1.807) is 24.3 Å². The van der Waals surface area contributed by atoms with Crippen LogP contribution in [-0.4, -0.2) is 29.3 Å². The van der Waals surface area contributed by atoms with E-state index in [4.69, 9.17) is 5.73 Å². The van der Waals surface area contributed by atoms with E-state index in [0.29, 0.717) is 11.1 Å². The molecule has 4 heteroatoms. The molecule has 2 rings (SSSR count). The average molecular weight is 300 g/mol. The summed E-state index contributed by atoms with van der Waals surface area (Å²) in [6, 6.07) is 6.77. The number of nitrogens with zero attached hydrogens (tertiary/aromatic N) is 1. The number of rotatable bonds is 4. The number of primary amides is 1. The molecule has 0 bridgehead atoms. The van der Waals surface area contributed by atoms with Crippen LogP contribution in [0.1, 0.15) is 53.8 Å². The number of benzene rings is 1. The number of nitrogens with two attached hydrogens (primary N) is 1. The Labute approximate surface area is 132 Å². The molecule has 1 saturated heterocycles. The van der Waals surface area contributed by atoms with Crippen LogP contribution in [0.25, 0.3) is 0 Å². The lowest BCUT2D eigenvalue weighted by atomic mass is 9.75. The summed E-state index contributed by atoms with van der Waals surface area (Å²) < 4.78 is 0. The first-order valence-electron chi connectivity index (χ1n) is 7.68. The molecule has 0 saturated carbocycles. The number of hydrogen-bond acceptors (Lipinski definition) is 2. The summed E-state index contributed by atoms with van der Waals surface area (Å²) in [4.78, 5) is 26.1. The Balaban J connectivity index is 2.32. The van der Waals surface area contributed by atoms with Crippen LogP contribution in [0.15, 0.2) is 36.9 Å². The molecule has 1 aromatic carbocycles. The Morgan fingerprint density at radius 3 is 2.73 bits per heavy atom. The third kappa shape index (κ3) is 3.21. The van der Waals surface area contributed by atoms with Gasteiger partial charge in [-0.05, 0) is 42.9 Å². The summed E-state index contributed by atoms with van der Waals surface area (Å²) in [6.07, 6.45) is 4.73. The highest BCUT2D eigenvalue weighted by molar-refractivity contribution is 5.99. The molecule has 0 spiro atoms. The van der Waals surface area contributed by atoms with Crippen molar-refractivity contribution in [3.8, 4) is 0 Å². The zero-order valence-corrected chi connectivity index (χ0v) is 13.3. The number of amides is 2. The van der Waals surface area contributed by atoms with Crippen molar-refractivity contribution in [2.24, 2.45) is 11.1 Å². The zero-order chi connectivity index (χ0) is 16.3. The maximum Gasteiger partial charge on any atom is 0.254 e. The molecule has 2 N–H and O–H groups in total. The van der Waals surface area contributed by atoms with Crippen molar-refractivity contribution >= 4 is 11.8 Å². The zero-order valence-electron chi connectivity index (χ0n) is 13.3. The quantitative estimate of drug-likeness (QED) is 0.869. The average Bonchev–Trinajstić information content (AvgIpc) is 2.48. The Morgan fingerprint density at radius 1 is 1.41 bits per heavy atom. The molecule has 1 heterocycles. The van der Waals surface area contributed by atoms with Crippen LogP contribution in [0.2, 0.25) is 0 Å². The van der Waals surface area contributed by atoms with Crippen molar-refractivity contribution < 1.29 is 9.59 Å². The van der Waals surface area contributed by atoms with Gasteiger partial charge >= 0.3 is 0 Å². The lowest BCUT2D eigenvalue weighted by molar-refractivity contribution is 0.0288. The second-order valence-corrected chi connectivity index (χ2v) is 6.58. The minimum Gasteiger partial charge on any atom is -0.366 e. The summed E-state index contributed by atoms with van der Waals surface area (Å²) in [5.74, 6) is -0.556. The first-order chi connectivity index (χ1) is 10.4. The molecule has 0 aromatic heterocycles. The largest absolute Gasteiger partial charge is 0.366 e. The van der Waals surface area contributed by atoms with Gasteiger partial charge in [-0.15, -0.1) is 6.58 Å². The Hall–Kier alpha value is -2.10. The van der Waals surface area contributed by atoms with Gasteiger partial charge in [0.05, 0.1) is 0 Å². The van der Waals surface area contributed by atoms with E-state index in [9.17, 15) is 9.59 Å². The SMILES string of the molecule is C=CCC1N(C(=O)c2cccc(C(N)=O)c2)CCCC1(C)C. The summed E-state index contributed by atoms with van der Waals surface area (Å²) in [5, 5.41) is 0. The number of carbonyl (C=O) groups excluding carboxylic acids is 2. The minimum atomic E-state index is -0.517. The molecule has 118 valence electrons. The van der Waals surface area contributed by atoms with Gasteiger partial charge in [0.25, 0.3) is 5.91 Å². The molecule has 1 atom stereocenters. The third-order valence-corrected chi connectivity index (χ3v) is 4.54. The predicted octanol–water partition coefficient (Wildman–Crippen LogP) is 2.99. The smallest absolute Gasteiger partial charge is 0.254 e. The van der Waals surface area contributed by atoms with Gasteiger partial charge in [0.15, 0.2) is 0 Å².